The van der Waals surface area contributed by atoms with Crippen molar-refractivity contribution < 1.29 is 28.7 Å². The lowest BCUT2D eigenvalue weighted by Crippen LogP contribution is -2.48. The standard InChI is InChI=1S/C28H34ClN3O6/c1-6-22(17-8-7-9-18(12-17)26(35)38-28(2,3)4)31-27(36)32-16-24(33)30-15-20(25(32)34)13-19-14-21(29)10-11-23(19)37-5/h7-12,14,20,22H,6,13,15-16H2,1-5H3,(H,30,33)(H,31,36)/t20-,22-/m1/s1. The number of halogens is 1. The van der Waals surface area contributed by atoms with Gasteiger partial charge in [-0.25, -0.2) is 9.59 Å². The van der Waals surface area contributed by atoms with E-state index >= 15 is 0 Å². The van der Waals surface area contributed by atoms with Gasteiger partial charge in [-0.05, 0) is 75.1 Å². The monoisotopic (exact) mass is 543 g/mol. The molecule has 2 aromatic rings. The number of methoxy groups -OCH3 is 1. The highest BCUT2D eigenvalue weighted by atomic mass is 35.5. The summed E-state index contributed by atoms with van der Waals surface area (Å²) in [6, 6.07) is 10.7. The Morgan fingerprint density at radius 2 is 1.92 bits per heavy atom. The minimum absolute atomic E-state index is 0.0756. The zero-order chi connectivity index (χ0) is 28.0. The van der Waals surface area contributed by atoms with Crippen LogP contribution in [0.3, 0.4) is 0 Å². The molecule has 0 unspecified atom stereocenters. The Morgan fingerprint density at radius 1 is 1.18 bits per heavy atom. The highest BCUT2D eigenvalue weighted by Gasteiger charge is 2.35. The highest BCUT2D eigenvalue weighted by Crippen LogP contribution is 2.27. The topological polar surface area (TPSA) is 114 Å². The molecule has 1 aliphatic heterocycles. The number of rotatable bonds is 7. The Labute approximate surface area is 227 Å². The number of carbonyl (C=O) groups excluding carboxylic acids is 4. The van der Waals surface area contributed by atoms with E-state index in [-0.39, 0.29) is 13.0 Å². The maximum atomic E-state index is 13.4. The molecular formula is C28H34ClN3O6. The second-order valence-electron chi connectivity index (χ2n) is 10.1. The number of esters is 1. The fourth-order valence-electron chi connectivity index (χ4n) is 4.19. The Balaban J connectivity index is 1.79. The van der Waals surface area contributed by atoms with Crippen molar-refractivity contribution in [2.75, 3.05) is 20.2 Å². The Morgan fingerprint density at radius 3 is 2.58 bits per heavy atom. The van der Waals surface area contributed by atoms with Crippen LogP contribution in [-0.2, 0) is 20.7 Å². The molecule has 10 heteroatoms. The molecule has 3 rings (SSSR count). The van der Waals surface area contributed by atoms with Crippen molar-refractivity contribution in [1.29, 1.82) is 0 Å². The SMILES string of the molecule is CC[C@@H](NC(=O)N1CC(=O)NC[C@@H](Cc2cc(Cl)ccc2OC)C1=O)c1cccc(C(=O)OC(C)(C)C)c1. The first-order valence-corrected chi connectivity index (χ1v) is 12.8. The number of nitrogens with zero attached hydrogens (tertiary/aromatic N) is 1. The van der Waals surface area contributed by atoms with Gasteiger partial charge < -0.3 is 20.1 Å². The van der Waals surface area contributed by atoms with E-state index in [1.54, 1.807) is 63.2 Å². The lowest BCUT2D eigenvalue weighted by atomic mass is 9.97. The first-order valence-electron chi connectivity index (χ1n) is 12.5. The van der Waals surface area contributed by atoms with E-state index in [1.165, 1.54) is 7.11 Å². The predicted molar refractivity (Wildman–Crippen MR) is 143 cm³/mol. The number of benzene rings is 2. The molecular weight excluding hydrogens is 510 g/mol. The number of hydrogen-bond acceptors (Lipinski definition) is 6. The summed E-state index contributed by atoms with van der Waals surface area (Å²) in [4.78, 5) is 52.6. The van der Waals surface area contributed by atoms with Gasteiger partial charge in [0.15, 0.2) is 0 Å². The van der Waals surface area contributed by atoms with Gasteiger partial charge in [-0.2, -0.15) is 0 Å². The predicted octanol–water partition coefficient (Wildman–Crippen LogP) is 4.28. The van der Waals surface area contributed by atoms with Crippen LogP contribution < -0.4 is 15.4 Å². The number of carbonyl (C=O) groups is 4. The van der Waals surface area contributed by atoms with Crippen molar-refractivity contribution in [2.24, 2.45) is 5.92 Å². The van der Waals surface area contributed by atoms with Crippen molar-refractivity contribution in [2.45, 2.75) is 52.2 Å². The third kappa shape index (κ3) is 7.47. The van der Waals surface area contributed by atoms with Crippen molar-refractivity contribution >= 4 is 35.4 Å². The highest BCUT2D eigenvalue weighted by molar-refractivity contribution is 6.30. The molecule has 204 valence electrons. The molecule has 0 spiro atoms. The fraction of sp³-hybridized carbons (Fsp3) is 0.429. The first-order chi connectivity index (χ1) is 17.9. The summed E-state index contributed by atoms with van der Waals surface area (Å²) in [6.07, 6.45) is 0.711. The normalized spacial score (nSPS) is 16.8. The van der Waals surface area contributed by atoms with E-state index in [9.17, 15) is 19.2 Å². The Kier molecular flexibility index (Phi) is 9.38. The first kappa shape index (κ1) is 29.0. The molecule has 1 fully saturated rings. The number of urea groups is 1. The minimum atomic E-state index is -0.699. The zero-order valence-corrected chi connectivity index (χ0v) is 23.1. The van der Waals surface area contributed by atoms with Crippen LogP contribution >= 0.6 is 11.6 Å². The van der Waals surface area contributed by atoms with Crippen molar-refractivity contribution in [1.82, 2.24) is 15.5 Å². The molecule has 4 amide bonds. The summed E-state index contributed by atoms with van der Waals surface area (Å²) in [5.41, 5.74) is 1.08. The number of hydrogen-bond donors (Lipinski definition) is 2. The third-order valence-electron chi connectivity index (χ3n) is 6.05. The molecule has 0 radical (unpaired) electrons. The molecule has 0 bridgehead atoms. The van der Waals surface area contributed by atoms with E-state index in [0.29, 0.717) is 33.9 Å². The molecule has 38 heavy (non-hydrogen) atoms. The van der Waals surface area contributed by atoms with Gasteiger partial charge in [0.1, 0.15) is 17.9 Å². The van der Waals surface area contributed by atoms with Crippen LogP contribution in [-0.4, -0.2) is 54.5 Å². The molecule has 9 nitrogen and oxygen atoms in total. The van der Waals surface area contributed by atoms with Crippen LogP contribution in [0.1, 0.15) is 61.6 Å². The van der Waals surface area contributed by atoms with Crippen molar-refractivity contribution in [3.63, 3.8) is 0 Å². The number of nitrogens with one attached hydrogen (secondary N) is 2. The summed E-state index contributed by atoms with van der Waals surface area (Å²) in [7, 11) is 1.52. The average molecular weight is 544 g/mol. The van der Waals surface area contributed by atoms with Crippen LogP contribution in [0.25, 0.3) is 0 Å². The lowest BCUT2D eigenvalue weighted by molar-refractivity contribution is -0.133. The molecule has 2 N–H and O–H groups in total. The summed E-state index contributed by atoms with van der Waals surface area (Å²) in [5, 5.41) is 6.05. The summed E-state index contributed by atoms with van der Waals surface area (Å²) < 4.78 is 10.8. The number of amides is 4. The Bertz CT molecular complexity index is 1210. The van der Waals surface area contributed by atoms with Crippen LogP contribution in [0.2, 0.25) is 5.02 Å². The molecule has 0 aliphatic carbocycles. The van der Waals surface area contributed by atoms with Gasteiger partial charge >= 0.3 is 12.0 Å². The van der Waals surface area contributed by atoms with Crippen LogP contribution in [0.15, 0.2) is 42.5 Å². The third-order valence-corrected chi connectivity index (χ3v) is 6.28. The molecule has 2 aromatic carbocycles. The number of ether oxygens (including phenoxy) is 2. The largest absolute Gasteiger partial charge is 0.496 e. The molecule has 1 heterocycles. The second kappa shape index (κ2) is 12.3. The van der Waals surface area contributed by atoms with Crippen molar-refractivity contribution in [3.8, 4) is 5.75 Å². The van der Waals surface area contributed by atoms with Gasteiger partial charge in [0.25, 0.3) is 0 Å². The maximum Gasteiger partial charge on any atom is 0.338 e. The van der Waals surface area contributed by atoms with Gasteiger partial charge in [0.2, 0.25) is 11.8 Å². The molecule has 2 atom stereocenters. The summed E-state index contributed by atoms with van der Waals surface area (Å²) >= 11 is 6.14. The van der Waals surface area contributed by atoms with Crippen molar-refractivity contribution in [3.05, 3.63) is 64.2 Å². The smallest absolute Gasteiger partial charge is 0.338 e. The molecule has 1 saturated heterocycles. The minimum Gasteiger partial charge on any atom is -0.496 e. The molecule has 0 aromatic heterocycles. The van der Waals surface area contributed by atoms with E-state index in [0.717, 1.165) is 4.90 Å². The zero-order valence-electron chi connectivity index (χ0n) is 22.3. The molecule has 1 aliphatic rings. The lowest BCUT2D eigenvalue weighted by Gasteiger charge is -2.26. The van der Waals surface area contributed by atoms with Crippen LogP contribution in [0, 0.1) is 5.92 Å². The fourth-order valence-corrected chi connectivity index (χ4v) is 4.39. The summed E-state index contributed by atoms with van der Waals surface area (Å²) in [5.74, 6) is -1.53. The van der Waals surface area contributed by atoms with E-state index in [1.807, 2.05) is 6.92 Å². The van der Waals surface area contributed by atoms with Crippen LogP contribution in [0.5, 0.6) is 5.75 Å². The van der Waals surface area contributed by atoms with Gasteiger partial charge in [-0.1, -0.05) is 30.7 Å². The van der Waals surface area contributed by atoms with E-state index in [2.05, 4.69) is 10.6 Å². The van der Waals surface area contributed by atoms with Gasteiger partial charge in [0, 0.05) is 11.6 Å². The molecule has 0 saturated carbocycles. The second-order valence-corrected chi connectivity index (χ2v) is 10.6. The van der Waals surface area contributed by atoms with E-state index < -0.39 is 47.9 Å². The van der Waals surface area contributed by atoms with Gasteiger partial charge in [0.05, 0.1) is 24.6 Å². The quantitative estimate of drug-likeness (QED) is 0.504. The Hall–Kier alpha value is -3.59. The van der Waals surface area contributed by atoms with Gasteiger partial charge in [-0.15, -0.1) is 0 Å². The van der Waals surface area contributed by atoms with E-state index in [4.69, 9.17) is 21.1 Å². The maximum absolute atomic E-state index is 13.4. The van der Waals surface area contributed by atoms with Crippen LogP contribution in [0.4, 0.5) is 4.79 Å². The van der Waals surface area contributed by atoms with Gasteiger partial charge in [-0.3, -0.25) is 14.5 Å². The average Bonchev–Trinajstić information content (AvgIpc) is 3.00. The number of imide groups is 1. The summed E-state index contributed by atoms with van der Waals surface area (Å²) in [6.45, 7) is 6.90.